The molecular formula is C15H23BrN2. The van der Waals surface area contributed by atoms with Crippen LogP contribution in [-0.2, 0) is 6.54 Å². The van der Waals surface area contributed by atoms with Crippen molar-refractivity contribution in [2.24, 2.45) is 5.92 Å². The van der Waals surface area contributed by atoms with Crippen LogP contribution in [0.15, 0.2) is 22.7 Å². The number of hydrogen-bond acceptors (Lipinski definition) is 2. The van der Waals surface area contributed by atoms with E-state index in [0.29, 0.717) is 6.04 Å². The van der Waals surface area contributed by atoms with Crippen molar-refractivity contribution >= 4 is 21.6 Å². The van der Waals surface area contributed by atoms with Gasteiger partial charge in [-0.25, -0.2) is 0 Å². The summed E-state index contributed by atoms with van der Waals surface area (Å²) in [6.45, 7) is 3.31. The highest BCUT2D eigenvalue weighted by Crippen LogP contribution is 2.30. The maximum Gasteiger partial charge on any atom is 0.0371 e. The molecule has 100 valence electrons. The second kappa shape index (κ2) is 6.07. The molecule has 2 rings (SSSR count). The van der Waals surface area contributed by atoms with Crippen LogP contribution in [0, 0.1) is 5.92 Å². The first-order chi connectivity index (χ1) is 8.59. The molecule has 0 amide bonds. The molecule has 2 N–H and O–H groups in total. The zero-order chi connectivity index (χ0) is 13.1. The Morgan fingerprint density at radius 1 is 1.33 bits per heavy atom. The van der Waals surface area contributed by atoms with Gasteiger partial charge in [0.05, 0.1) is 0 Å². The van der Waals surface area contributed by atoms with Crippen LogP contribution in [-0.4, -0.2) is 18.0 Å². The summed E-state index contributed by atoms with van der Waals surface area (Å²) in [5.41, 5.74) is 8.19. The van der Waals surface area contributed by atoms with Crippen LogP contribution in [0.2, 0.25) is 0 Å². The van der Waals surface area contributed by atoms with Crippen molar-refractivity contribution in [3.05, 3.63) is 28.2 Å². The second-order valence-electron chi connectivity index (χ2n) is 5.55. The van der Waals surface area contributed by atoms with E-state index < -0.39 is 0 Å². The number of halogens is 1. The first-order valence-electron chi connectivity index (χ1n) is 6.82. The number of anilines is 1. The van der Waals surface area contributed by atoms with Crippen LogP contribution in [0.4, 0.5) is 5.69 Å². The standard InChI is InChI=1S/C15H23BrN2/c1-11-6-3-4-9-15(11)18(2)10-12-13(16)7-5-8-14(12)17/h5,7-8,11,15H,3-4,6,9-10,17H2,1-2H3. The van der Waals surface area contributed by atoms with E-state index in [-0.39, 0.29) is 0 Å². The van der Waals surface area contributed by atoms with E-state index in [4.69, 9.17) is 5.73 Å². The van der Waals surface area contributed by atoms with Gasteiger partial charge in [-0.05, 0) is 37.9 Å². The van der Waals surface area contributed by atoms with Gasteiger partial charge in [-0.15, -0.1) is 0 Å². The van der Waals surface area contributed by atoms with Gasteiger partial charge in [-0.3, -0.25) is 4.90 Å². The van der Waals surface area contributed by atoms with Gasteiger partial charge in [0, 0.05) is 28.3 Å². The highest BCUT2D eigenvalue weighted by molar-refractivity contribution is 9.10. The molecule has 0 aromatic heterocycles. The van der Waals surface area contributed by atoms with Crippen LogP contribution in [0.25, 0.3) is 0 Å². The number of rotatable bonds is 3. The smallest absolute Gasteiger partial charge is 0.0371 e. The summed E-state index contributed by atoms with van der Waals surface area (Å²) in [6, 6.07) is 6.75. The van der Waals surface area contributed by atoms with Crippen molar-refractivity contribution in [3.63, 3.8) is 0 Å². The van der Waals surface area contributed by atoms with Crippen LogP contribution in [0.5, 0.6) is 0 Å². The van der Waals surface area contributed by atoms with Crippen molar-refractivity contribution in [1.82, 2.24) is 4.90 Å². The highest BCUT2D eigenvalue weighted by atomic mass is 79.9. The molecule has 3 heteroatoms. The van der Waals surface area contributed by atoms with E-state index in [2.05, 4.69) is 40.9 Å². The van der Waals surface area contributed by atoms with Crippen molar-refractivity contribution in [2.45, 2.75) is 45.2 Å². The van der Waals surface area contributed by atoms with E-state index in [9.17, 15) is 0 Å². The van der Waals surface area contributed by atoms with Gasteiger partial charge in [0.25, 0.3) is 0 Å². The van der Waals surface area contributed by atoms with Crippen molar-refractivity contribution in [3.8, 4) is 0 Å². The monoisotopic (exact) mass is 310 g/mol. The first-order valence-corrected chi connectivity index (χ1v) is 7.62. The molecule has 0 aliphatic heterocycles. The largest absolute Gasteiger partial charge is 0.398 e. The Morgan fingerprint density at radius 2 is 2.06 bits per heavy atom. The molecule has 0 radical (unpaired) electrons. The van der Waals surface area contributed by atoms with Gasteiger partial charge >= 0.3 is 0 Å². The summed E-state index contributed by atoms with van der Waals surface area (Å²) >= 11 is 3.61. The minimum Gasteiger partial charge on any atom is -0.398 e. The van der Waals surface area contributed by atoms with Gasteiger partial charge < -0.3 is 5.73 Å². The average Bonchev–Trinajstić information content (AvgIpc) is 2.34. The van der Waals surface area contributed by atoms with Crippen molar-refractivity contribution < 1.29 is 0 Å². The summed E-state index contributed by atoms with van der Waals surface area (Å²) < 4.78 is 1.12. The summed E-state index contributed by atoms with van der Waals surface area (Å²) in [4.78, 5) is 2.47. The number of benzene rings is 1. The Bertz CT molecular complexity index is 385. The maximum atomic E-state index is 6.08. The minimum atomic E-state index is 0.699. The number of nitrogens with zero attached hydrogens (tertiary/aromatic N) is 1. The van der Waals surface area contributed by atoms with Crippen molar-refractivity contribution in [2.75, 3.05) is 12.8 Å². The normalized spacial score (nSPS) is 24.4. The van der Waals surface area contributed by atoms with Crippen LogP contribution in [0.1, 0.15) is 38.2 Å². The summed E-state index contributed by atoms with van der Waals surface area (Å²) in [5.74, 6) is 0.799. The molecule has 0 bridgehead atoms. The molecule has 1 aliphatic carbocycles. The van der Waals surface area contributed by atoms with Crippen LogP contribution < -0.4 is 5.73 Å². The van der Waals surface area contributed by atoms with E-state index >= 15 is 0 Å². The van der Waals surface area contributed by atoms with Crippen LogP contribution >= 0.6 is 15.9 Å². The third-order valence-electron chi connectivity index (χ3n) is 4.19. The molecule has 1 aromatic rings. The average molecular weight is 311 g/mol. The topological polar surface area (TPSA) is 29.3 Å². The van der Waals surface area contributed by atoms with E-state index in [1.54, 1.807) is 0 Å². The van der Waals surface area contributed by atoms with Gasteiger partial charge in [0.2, 0.25) is 0 Å². The highest BCUT2D eigenvalue weighted by Gasteiger charge is 2.25. The van der Waals surface area contributed by atoms with Gasteiger partial charge in [0.1, 0.15) is 0 Å². The van der Waals surface area contributed by atoms with Gasteiger partial charge in [0.15, 0.2) is 0 Å². The Labute approximate surface area is 119 Å². The number of nitrogen functional groups attached to an aromatic ring is 1. The molecule has 2 atom stereocenters. The van der Waals surface area contributed by atoms with E-state index in [1.807, 2.05) is 12.1 Å². The summed E-state index contributed by atoms with van der Waals surface area (Å²) in [6.07, 6.45) is 5.44. The Balaban J connectivity index is 2.08. The minimum absolute atomic E-state index is 0.699. The van der Waals surface area contributed by atoms with Crippen LogP contribution in [0.3, 0.4) is 0 Å². The molecule has 1 aliphatic rings. The fourth-order valence-electron chi connectivity index (χ4n) is 3.06. The molecular weight excluding hydrogens is 288 g/mol. The zero-order valence-electron chi connectivity index (χ0n) is 11.3. The predicted octanol–water partition coefficient (Wildman–Crippen LogP) is 4.04. The SMILES string of the molecule is CC1CCCCC1N(C)Cc1c(N)cccc1Br. The lowest BCUT2D eigenvalue weighted by Gasteiger charge is -2.36. The number of nitrogens with two attached hydrogens (primary N) is 1. The molecule has 1 fully saturated rings. The second-order valence-corrected chi connectivity index (χ2v) is 6.41. The maximum absolute atomic E-state index is 6.08. The fourth-order valence-corrected chi connectivity index (χ4v) is 3.57. The quantitative estimate of drug-likeness (QED) is 0.854. The lowest BCUT2D eigenvalue weighted by atomic mass is 9.85. The van der Waals surface area contributed by atoms with Gasteiger partial charge in [-0.2, -0.15) is 0 Å². The molecule has 18 heavy (non-hydrogen) atoms. The number of hydrogen-bond donors (Lipinski definition) is 1. The Morgan fingerprint density at radius 3 is 2.72 bits per heavy atom. The molecule has 1 saturated carbocycles. The summed E-state index contributed by atoms with van der Waals surface area (Å²) in [5, 5.41) is 0. The lowest BCUT2D eigenvalue weighted by molar-refractivity contribution is 0.133. The van der Waals surface area contributed by atoms with E-state index in [0.717, 1.165) is 22.6 Å². The Hall–Kier alpha value is -0.540. The predicted molar refractivity (Wildman–Crippen MR) is 81.4 cm³/mol. The van der Waals surface area contributed by atoms with Gasteiger partial charge in [-0.1, -0.05) is 41.8 Å². The first kappa shape index (κ1) is 13.9. The zero-order valence-corrected chi connectivity index (χ0v) is 12.9. The molecule has 1 aromatic carbocycles. The summed E-state index contributed by atoms with van der Waals surface area (Å²) in [7, 11) is 2.23. The molecule has 0 heterocycles. The molecule has 0 saturated heterocycles. The van der Waals surface area contributed by atoms with Crippen molar-refractivity contribution in [1.29, 1.82) is 0 Å². The lowest BCUT2D eigenvalue weighted by Crippen LogP contribution is -2.38. The third-order valence-corrected chi connectivity index (χ3v) is 4.94. The third kappa shape index (κ3) is 3.07. The fraction of sp³-hybridized carbons (Fsp3) is 0.600. The molecule has 2 nitrogen and oxygen atoms in total. The van der Waals surface area contributed by atoms with E-state index in [1.165, 1.54) is 31.2 Å². The Kier molecular flexibility index (Phi) is 4.68. The molecule has 0 spiro atoms. The molecule has 2 unspecified atom stereocenters.